The van der Waals surface area contributed by atoms with Gasteiger partial charge in [0.05, 0.1) is 121 Å². The van der Waals surface area contributed by atoms with Crippen LogP contribution in [0.3, 0.4) is 0 Å². The van der Waals surface area contributed by atoms with E-state index in [1.165, 1.54) is 45.6 Å². The van der Waals surface area contributed by atoms with Crippen LogP contribution in [-0.4, -0.2) is 153 Å². The average Bonchev–Trinajstić information content (AvgIpc) is 0.726. The zero-order chi connectivity index (χ0) is 101. The van der Waals surface area contributed by atoms with E-state index >= 15 is 17.6 Å². The van der Waals surface area contributed by atoms with Crippen LogP contribution >= 0.6 is 81.2 Å². The second-order valence-corrected chi connectivity index (χ2v) is 36.5. The van der Waals surface area contributed by atoms with Crippen molar-refractivity contribution in [2.75, 3.05) is 90.8 Å². The summed E-state index contributed by atoms with van der Waals surface area (Å²) >= 11 is 44.8. The molecule has 0 bridgehead atoms. The molecule has 42 heteroatoms. The molecule has 27 nitrogen and oxygen atoms in total. The van der Waals surface area contributed by atoms with Crippen LogP contribution in [-0.2, 0) is 14.4 Å². The van der Waals surface area contributed by atoms with Crippen molar-refractivity contribution in [2.24, 2.45) is 0 Å². The lowest BCUT2D eigenvalue weighted by atomic mass is 10.0. The van der Waals surface area contributed by atoms with Crippen molar-refractivity contribution in [2.45, 2.75) is 119 Å². The van der Waals surface area contributed by atoms with Crippen molar-refractivity contribution >= 4 is 166 Å². The average molecular weight is 2030 g/mol. The van der Waals surface area contributed by atoms with Crippen LogP contribution in [0.5, 0.6) is 0 Å². The van der Waals surface area contributed by atoms with Crippen LogP contribution in [0, 0.1) is 101 Å². The first-order valence-electron chi connectivity index (χ1n) is 42.6. The van der Waals surface area contributed by atoms with E-state index in [-0.39, 0.29) is 206 Å². The molecule has 6 N–H and O–H groups in total. The number of piperazine rings is 3. The molecular formula is C96H84Cl7F8N21O6. The van der Waals surface area contributed by atoms with Gasteiger partial charge in [-0.15, -0.1) is 0 Å². The van der Waals surface area contributed by atoms with Gasteiger partial charge in [0, 0.05) is 112 Å². The Morgan fingerprint density at radius 1 is 0.399 bits per heavy atom. The van der Waals surface area contributed by atoms with Crippen molar-refractivity contribution < 1.29 is 49.5 Å². The summed E-state index contributed by atoms with van der Waals surface area (Å²) in [5.41, 5.74) is 13.0. The largest absolute Gasteiger partial charge is 0.395 e. The molecule has 0 aliphatic carbocycles. The highest BCUT2D eigenvalue weighted by Crippen LogP contribution is 2.49. The second kappa shape index (κ2) is 40.3. The number of nitrogen functional groups attached to an aromatic ring is 3. The van der Waals surface area contributed by atoms with Crippen molar-refractivity contribution in [1.29, 1.82) is 15.8 Å². The third-order valence-corrected chi connectivity index (χ3v) is 26.6. The highest BCUT2D eigenvalue weighted by Gasteiger charge is 2.40. The van der Waals surface area contributed by atoms with Crippen molar-refractivity contribution in [1.82, 2.24) is 58.3 Å². The van der Waals surface area contributed by atoms with E-state index in [4.69, 9.17) is 108 Å². The number of aromatic nitrogens is 9. The van der Waals surface area contributed by atoms with Crippen LogP contribution in [0.2, 0.25) is 35.2 Å². The number of hydrogen-bond acceptors (Lipinski definition) is 21. The monoisotopic (exact) mass is 2020 g/mol. The number of nitriles is 3. The zero-order valence-electron chi connectivity index (χ0n) is 75.8. The molecule has 12 heterocycles. The first kappa shape index (κ1) is 102. The SMILES string of the molecule is C=CC(=O)N1CCN(c2c(C#N)c(=O)n(-c3c(C)ccnc3C(C)C)c3nc(-c4c(F)c(Cl)c(F)c(N)c4Cl)c(Cl)cc23)C[C@H]1C.C=CC(=O)N1CCN(c2c(C#N)c(=O)n(-c3c(C)ccnc3C(C)C)c3nc(-c4c(F)c(N)c(F)c(Cl)c4Cl)c(Cl)cc23)C[C@H]1C.C=CC(=O)N1CCN(c2c(C#N)c(=O)n(-c3c(C)ccnc3C(C)C)c3nc(-c4c(F)c(N)c(F)c(F)c4F)c(Cl)cc23)C[C@H]1C. The minimum Gasteiger partial charge on any atom is -0.395 e. The Morgan fingerprint density at radius 2 is 0.688 bits per heavy atom. The summed E-state index contributed by atoms with van der Waals surface area (Å²) in [5, 5.41) is 28.8. The van der Waals surface area contributed by atoms with Gasteiger partial charge in [-0.1, -0.05) is 142 Å². The van der Waals surface area contributed by atoms with Gasteiger partial charge in [-0.25, -0.2) is 50.1 Å². The van der Waals surface area contributed by atoms with Crippen molar-refractivity contribution in [3.63, 3.8) is 0 Å². The molecule has 0 radical (unpaired) electrons. The fourth-order valence-electron chi connectivity index (χ4n) is 17.5. The zero-order valence-corrected chi connectivity index (χ0v) is 81.1. The van der Waals surface area contributed by atoms with Gasteiger partial charge in [0.1, 0.15) is 68.2 Å². The fourth-order valence-corrected chi connectivity index (χ4v) is 19.1. The highest BCUT2D eigenvalue weighted by molar-refractivity contribution is 6.45. The molecule has 3 saturated heterocycles. The van der Waals surface area contributed by atoms with Crippen LogP contribution in [0.25, 0.3) is 83.9 Å². The summed E-state index contributed by atoms with van der Waals surface area (Å²) in [6.07, 6.45) is 8.43. The maximum atomic E-state index is 15.6. The molecule has 714 valence electrons. The molecule has 0 saturated carbocycles. The Labute approximate surface area is 819 Å². The number of aryl methyl sites for hydroxylation is 3. The summed E-state index contributed by atoms with van der Waals surface area (Å²) in [7, 11) is 0. The molecule has 3 fully saturated rings. The molecular weight excluding hydrogens is 1940 g/mol. The van der Waals surface area contributed by atoms with E-state index in [1.54, 1.807) is 84.1 Å². The highest BCUT2D eigenvalue weighted by atomic mass is 35.5. The summed E-state index contributed by atoms with van der Waals surface area (Å²) in [6, 6.07) is 14.4. The number of carbonyl (C=O) groups excluding carboxylic acids is 3. The van der Waals surface area contributed by atoms with Gasteiger partial charge in [0.15, 0.2) is 46.5 Å². The van der Waals surface area contributed by atoms with Gasteiger partial charge >= 0.3 is 0 Å². The molecule has 9 aromatic heterocycles. The second-order valence-electron chi connectivity index (χ2n) is 33.8. The van der Waals surface area contributed by atoms with Gasteiger partial charge < -0.3 is 46.6 Å². The summed E-state index contributed by atoms with van der Waals surface area (Å²) < 4.78 is 123. The van der Waals surface area contributed by atoms with E-state index in [0.717, 1.165) is 4.57 Å². The number of fused-ring (bicyclic) bond motifs is 3. The molecule has 0 unspecified atom stereocenters. The lowest BCUT2D eigenvalue weighted by Crippen LogP contribution is -2.54. The number of pyridine rings is 9. The first-order valence-corrected chi connectivity index (χ1v) is 45.2. The molecule has 0 spiro atoms. The van der Waals surface area contributed by atoms with Crippen LogP contribution in [0.1, 0.15) is 131 Å². The smallest absolute Gasteiger partial charge is 0.276 e. The molecule has 3 aliphatic rings. The van der Waals surface area contributed by atoms with Gasteiger partial charge in [-0.2, -0.15) is 15.8 Å². The van der Waals surface area contributed by atoms with E-state index in [9.17, 15) is 62.1 Å². The maximum Gasteiger partial charge on any atom is 0.276 e. The minimum atomic E-state index is -2.03. The molecule has 3 amide bonds. The molecule has 3 atom stereocenters. The fraction of sp³-hybridized carbons (Fsp3) is 0.281. The Morgan fingerprint density at radius 3 is 0.986 bits per heavy atom. The Kier molecular flexibility index (Phi) is 29.8. The van der Waals surface area contributed by atoms with Gasteiger partial charge in [-0.05, 0) is 131 Å². The number of nitrogens with zero attached hydrogens (tertiary/aromatic N) is 18. The van der Waals surface area contributed by atoms with Crippen LogP contribution in [0.15, 0.2) is 107 Å². The number of amides is 3. The number of halogens is 15. The topological polar surface area (TPSA) is 363 Å². The van der Waals surface area contributed by atoms with E-state index in [1.807, 2.05) is 71.3 Å². The molecule has 138 heavy (non-hydrogen) atoms. The third kappa shape index (κ3) is 17.7. The Hall–Kier alpha value is -13.4. The van der Waals surface area contributed by atoms with E-state index < -0.39 is 128 Å². The van der Waals surface area contributed by atoms with Gasteiger partial charge in [0.2, 0.25) is 17.7 Å². The molecule has 3 aromatic carbocycles. The maximum absolute atomic E-state index is 15.6. The van der Waals surface area contributed by atoms with Crippen LogP contribution < -0.4 is 48.6 Å². The summed E-state index contributed by atoms with van der Waals surface area (Å²) in [4.78, 5) is 118. The summed E-state index contributed by atoms with van der Waals surface area (Å²) in [5.74, 6) is -13.8. The Bertz CT molecular complexity index is 6790. The first-order chi connectivity index (χ1) is 65.2. The van der Waals surface area contributed by atoms with E-state index in [2.05, 4.69) is 51.8 Å². The number of nitrogens with two attached hydrogens (primary N) is 3. The van der Waals surface area contributed by atoms with E-state index in [0.29, 0.717) is 45.1 Å². The molecule has 3 aliphatic heterocycles. The standard InChI is InChI=1S/2C32H28Cl3F2N7O2.C32H28ClF4N7O2/c1-6-20(45)43-10-9-42(13-16(43)5)30-17-11-19(33)28(21-22(34)26(39)25(37)23(35)24(21)36)41-31(17)44(32(46)18(30)12-38)29-15(4)7-8-40-27(29)14(2)3;1-6-20(45)43-10-9-42(13-16(43)5)30-17-11-19(33)28(21-22(34)23(35)25(37)26(39)24(21)36)41-31(17)44(32(46)18(30)12-38)29-15(4)7-8-40-27(29)14(2)3;1-6-20(45)43-10-9-42(13-16(43)5)30-17-11-19(33)28(21-22(34)24(36)25(37)26(39)23(21)35)41-31(17)44(32(46)18(30)12-38)29-15(4)7-8-40-27(29)14(2)3/h3*6-8,11,14,16H,1,9-10,13,39H2,2-5H3/t3*16-/m111/s1. The molecule has 15 rings (SSSR count). The predicted octanol–water partition coefficient (Wildman–Crippen LogP) is 19.4. The number of rotatable bonds is 15. The number of hydrogen-bond donors (Lipinski definition) is 3. The normalized spacial score (nSPS) is 15.0. The van der Waals surface area contributed by atoms with Crippen molar-refractivity contribution in [3.05, 3.63) is 256 Å². The minimum absolute atomic E-state index is 0.00290. The predicted molar refractivity (Wildman–Crippen MR) is 521 cm³/mol. The molecule has 12 aromatic rings. The van der Waals surface area contributed by atoms with Crippen LogP contribution in [0.4, 0.5) is 69.2 Å². The number of carbonyl (C=O) groups is 3. The van der Waals surface area contributed by atoms with Gasteiger partial charge in [-0.3, -0.25) is 57.4 Å². The Balaban J connectivity index is 0.000000175. The lowest BCUT2D eigenvalue weighted by molar-refractivity contribution is -0.129. The third-order valence-electron chi connectivity index (χ3n) is 24.1. The lowest BCUT2D eigenvalue weighted by Gasteiger charge is -2.41. The van der Waals surface area contributed by atoms with Gasteiger partial charge in [0.25, 0.3) is 16.7 Å². The van der Waals surface area contributed by atoms with Crippen molar-refractivity contribution in [3.8, 4) is 69.0 Å². The number of anilines is 6. The quantitative estimate of drug-likeness (QED) is 0.0282. The summed E-state index contributed by atoms with van der Waals surface area (Å²) in [6.45, 7) is 35.0. The number of benzene rings is 3.